The van der Waals surface area contributed by atoms with Crippen molar-refractivity contribution in [3.63, 3.8) is 0 Å². The lowest BCUT2D eigenvalue weighted by Crippen LogP contribution is -1.98. The van der Waals surface area contributed by atoms with E-state index < -0.39 is 5.82 Å². The van der Waals surface area contributed by atoms with Gasteiger partial charge in [0.1, 0.15) is 17.6 Å². The minimum absolute atomic E-state index is 0.0450. The third-order valence-corrected chi connectivity index (χ3v) is 2.14. The van der Waals surface area contributed by atoms with E-state index in [4.69, 9.17) is 9.68 Å². The highest BCUT2D eigenvalue weighted by Crippen LogP contribution is 2.14. The zero-order valence-electron chi connectivity index (χ0n) is 8.40. The molecular weight excluding hydrogens is 207 g/mol. The van der Waals surface area contributed by atoms with E-state index in [0.717, 1.165) is 5.76 Å². The van der Waals surface area contributed by atoms with Crippen molar-refractivity contribution < 1.29 is 8.81 Å². The van der Waals surface area contributed by atoms with E-state index in [1.54, 1.807) is 24.5 Å². The number of halogens is 1. The van der Waals surface area contributed by atoms with E-state index in [2.05, 4.69) is 5.32 Å². The minimum atomic E-state index is -0.521. The predicted octanol–water partition coefficient (Wildman–Crippen LogP) is 2.90. The fourth-order valence-electron chi connectivity index (χ4n) is 1.32. The molecule has 2 rings (SSSR count). The largest absolute Gasteiger partial charge is 0.467 e. The Hall–Kier alpha value is -2.28. The van der Waals surface area contributed by atoms with Crippen molar-refractivity contribution in [3.05, 3.63) is 53.7 Å². The monoisotopic (exact) mass is 216 g/mol. The Morgan fingerprint density at radius 3 is 2.88 bits per heavy atom. The van der Waals surface area contributed by atoms with Crippen LogP contribution in [0.25, 0.3) is 0 Å². The van der Waals surface area contributed by atoms with Gasteiger partial charge in [-0.05, 0) is 30.3 Å². The molecule has 16 heavy (non-hydrogen) atoms. The van der Waals surface area contributed by atoms with Gasteiger partial charge in [0, 0.05) is 5.69 Å². The number of nitrogens with one attached hydrogen (secondary N) is 1. The number of nitrogens with zero attached hydrogens (tertiary/aromatic N) is 1. The van der Waals surface area contributed by atoms with Crippen molar-refractivity contribution in [2.24, 2.45) is 0 Å². The SMILES string of the molecule is N#Cc1ccc(NCc2ccco2)cc1F. The van der Waals surface area contributed by atoms with Crippen LogP contribution in [0.3, 0.4) is 0 Å². The summed E-state index contributed by atoms with van der Waals surface area (Å²) in [6.45, 7) is 0.484. The van der Waals surface area contributed by atoms with Crippen LogP contribution in [-0.2, 0) is 6.54 Å². The maximum absolute atomic E-state index is 13.2. The van der Waals surface area contributed by atoms with E-state index in [-0.39, 0.29) is 5.56 Å². The third-order valence-electron chi connectivity index (χ3n) is 2.14. The summed E-state index contributed by atoms with van der Waals surface area (Å²) in [7, 11) is 0. The molecule has 1 aromatic carbocycles. The zero-order chi connectivity index (χ0) is 11.4. The van der Waals surface area contributed by atoms with Gasteiger partial charge in [0.25, 0.3) is 0 Å². The van der Waals surface area contributed by atoms with Crippen molar-refractivity contribution in [1.29, 1.82) is 5.26 Å². The molecule has 0 atom stereocenters. The van der Waals surface area contributed by atoms with Gasteiger partial charge in [0.2, 0.25) is 0 Å². The maximum atomic E-state index is 13.2. The summed E-state index contributed by atoms with van der Waals surface area (Å²) >= 11 is 0. The highest BCUT2D eigenvalue weighted by atomic mass is 19.1. The lowest BCUT2D eigenvalue weighted by atomic mass is 10.2. The Labute approximate surface area is 92.1 Å². The lowest BCUT2D eigenvalue weighted by molar-refractivity contribution is 0.518. The average Bonchev–Trinajstić information content (AvgIpc) is 2.79. The number of benzene rings is 1. The van der Waals surface area contributed by atoms with Crippen molar-refractivity contribution in [1.82, 2.24) is 0 Å². The topological polar surface area (TPSA) is 49.0 Å². The van der Waals surface area contributed by atoms with Gasteiger partial charge in [-0.1, -0.05) is 0 Å². The highest BCUT2D eigenvalue weighted by molar-refractivity contribution is 5.48. The van der Waals surface area contributed by atoms with Crippen LogP contribution >= 0.6 is 0 Å². The van der Waals surface area contributed by atoms with E-state index in [0.29, 0.717) is 12.2 Å². The molecule has 0 saturated heterocycles. The summed E-state index contributed by atoms with van der Waals surface area (Å²) in [5.74, 6) is 0.247. The van der Waals surface area contributed by atoms with E-state index in [1.165, 1.54) is 12.1 Å². The van der Waals surface area contributed by atoms with E-state index in [9.17, 15) is 4.39 Å². The molecule has 0 bridgehead atoms. The minimum Gasteiger partial charge on any atom is -0.467 e. The second kappa shape index (κ2) is 4.49. The first-order valence-electron chi connectivity index (χ1n) is 4.75. The van der Waals surface area contributed by atoms with Crippen molar-refractivity contribution in [3.8, 4) is 6.07 Å². The third kappa shape index (κ3) is 2.20. The molecule has 0 saturated carbocycles. The van der Waals surface area contributed by atoms with Crippen LogP contribution in [0.15, 0.2) is 41.0 Å². The summed E-state index contributed by atoms with van der Waals surface area (Å²) in [6.07, 6.45) is 1.58. The Kier molecular flexibility index (Phi) is 2.88. The normalized spacial score (nSPS) is 9.75. The second-order valence-electron chi connectivity index (χ2n) is 3.24. The molecule has 0 unspecified atom stereocenters. The Morgan fingerprint density at radius 2 is 2.25 bits per heavy atom. The molecule has 1 aromatic heterocycles. The van der Waals surface area contributed by atoms with E-state index >= 15 is 0 Å². The predicted molar refractivity (Wildman–Crippen MR) is 57.1 cm³/mol. The maximum Gasteiger partial charge on any atom is 0.143 e. The van der Waals surface area contributed by atoms with Crippen LogP contribution in [0.2, 0.25) is 0 Å². The van der Waals surface area contributed by atoms with Crippen LogP contribution in [-0.4, -0.2) is 0 Å². The summed E-state index contributed by atoms with van der Waals surface area (Å²) in [6, 6.07) is 9.78. The Morgan fingerprint density at radius 1 is 1.38 bits per heavy atom. The summed E-state index contributed by atoms with van der Waals surface area (Å²) in [5, 5.41) is 11.6. The van der Waals surface area contributed by atoms with Gasteiger partial charge >= 0.3 is 0 Å². The molecule has 0 fully saturated rings. The first-order chi connectivity index (χ1) is 7.79. The summed E-state index contributed by atoms with van der Waals surface area (Å²) < 4.78 is 18.4. The number of anilines is 1. The molecule has 3 nitrogen and oxygen atoms in total. The molecule has 2 aromatic rings. The van der Waals surface area contributed by atoms with Gasteiger partial charge in [-0.15, -0.1) is 0 Å². The second-order valence-corrected chi connectivity index (χ2v) is 3.24. The quantitative estimate of drug-likeness (QED) is 0.858. The van der Waals surface area contributed by atoms with Gasteiger partial charge < -0.3 is 9.73 Å². The fourth-order valence-corrected chi connectivity index (χ4v) is 1.32. The van der Waals surface area contributed by atoms with Crippen molar-refractivity contribution >= 4 is 5.69 Å². The number of rotatable bonds is 3. The van der Waals surface area contributed by atoms with Crippen LogP contribution in [0.1, 0.15) is 11.3 Å². The number of hydrogen-bond donors (Lipinski definition) is 1. The highest BCUT2D eigenvalue weighted by Gasteiger charge is 2.02. The van der Waals surface area contributed by atoms with Gasteiger partial charge in [-0.2, -0.15) is 5.26 Å². The molecule has 80 valence electrons. The first kappa shape index (κ1) is 10.2. The van der Waals surface area contributed by atoms with Gasteiger partial charge in [-0.25, -0.2) is 4.39 Å². The van der Waals surface area contributed by atoms with Gasteiger partial charge in [0.15, 0.2) is 0 Å². The number of nitriles is 1. The summed E-state index contributed by atoms with van der Waals surface area (Å²) in [4.78, 5) is 0. The first-order valence-corrected chi connectivity index (χ1v) is 4.75. The number of hydrogen-bond acceptors (Lipinski definition) is 3. The molecule has 4 heteroatoms. The molecule has 0 amide bonds. The molecule has 0 aliphatic carbocycles. The van der Waals surface area contributed by atoms with Crippen LogP contribution in [0.4, 0.5) is 10.1 Å². The van der Waals surface area contributed by atoms with Crippen molar-refractivity contribution in [2.75, 3.05) is 5.32 Å². The molecular formula is C12H9FN2O. The Balaban J connectivity index is 2.06. The summed E-state index contributed by atoms with van der Waals surface area (Å²) in [5.41, 5.74) is 0.663. The standard InChI is InChI=1S/C12H9FN2O/c13-12-6-10(4-3-9(12)7-14)15-8-11-2-1-5-16-11/h1-6,15H,8H2. The smallest absolute Gasteiger partial charge is 0.143 e. The van der Waals surface area contributed by atoms with Crippen LogP contribution in [0, 0.1) is 17.1 Å². The van der Waals surface area contributed by atoms with Crippen LogP contribution < -0.4 is 5.32 Å². The van der Waals surface area contributed by atoms with Crippen LogP contribution in [0.5, 0.6) is 0 Å². The van der Waals surface area contributed by atoms with Crippen molar-refractivity contribution in [2.45, 2.75) is 6.54 Å². The Bertz CT molecular complexity index is 514. The zero-order valence-corrected chi connectivity index (χ0v) is 8.40. The molecule has 0 aliphatic heterocycles. The molecule has 0 radical (unpaired) electrons. The van der Waals surface area contributed by atoms with Gasteiger partial charge in [-0.3, -0.25) is 0 Å². The average molecular weight is 216 g/mol. The number of furan rings is 1. The molecule has 1 N–H and O–H groups in total. The fraction of sp³-hybridized carbons (Fsp3) is 0.0833. The van der Waals surface area contributed by atoms with Gasteiger partial charge in [0.05, 0.1) is 18.4 Å². The molecule has 0 aliphatic rings. The molecule has 1 heterocycles. The molecule has 0 spiro atoms. The lowest BCUT2D eigenvalue weighted by Gasteiger charge is -2.04. The van der Waals surface area contributed by atoms with E-state index in [1.807, 2.05) is 6.07 Å².